The minimum Gasteiger partial charge on any atom is -0.317 e. The van der Waals surface area contributed by atoms with Crippen LogP contribution < -0.4 is 5.32 Å². The summed E-state index contributed by atoms with van der Waals surface area (Å²) in [6.45, 7) is 12.6. The highest BCUT2D eigenvalue weighted by atomic mass is 15.1. The van der Waals surface area contributed by atoms with Crippen molar-refractivity contribution >= 4 is 0 Å². The van der Waals surface area contributed by atoms with E-state index in [0.717, 1.165) is 36.3 Å². The summed E-state index contributed by atoms with van der Waals surface area (Å²) in [4.78, 5) is 2.45. The average Bonchev–Trinajstić information content (AvgIpc) is 3.15. The van der Waals surface area contributed by atoms with Crippen molar-refractivity contribution in [3.63, 3.8) is 0 Å². The summed E-state index contributed by atoms with van der Waals surface area (Å²) in [6.07, 6.45) is 20.4. The SMILES string of the molecule is CN[C@@H]1CC[C@@]2(C)[C@@H](CC=C3[C@H]4CC[C@H]([C@H](C)/C=C/C5=C(C)CN(C)CC5)[C@@]4(C)CC[C@@H]32)C1. The van der Waals surface area contributed by atoms with Gasteiger partial charge in [-0.3, -0.25) is 0 Å². The van der Waals surface area contributed by atoms with Crippen LogP contribution in [0.3, 0.4) is 0 Å². The molecule has 5 aliphatic rings. The van der Waals surface area contributed by atoms with Crippen molar-refractivity contribution in [2.24, 2.45) is 40.4 Å². The van der Waals surface area contributed by atoms with Gasteiger partial charge in [-0.25, -0.2) is 0 Å². The van der Waals surface area contributed by atoms with Crippen LogP contribution in [0.5, 0.6) is 0 Å². The Morgan fingerprint density at radius 1 is 1.09 bits per heavy atom. The Kier molecular flexibility index (Phi) is 6.49. The molecule has 0 bridgehead atoms. The molecule has 0 radical (unpaired) electrons. The normalized spacial score (nSPS) is 44.9. The van der Waals surface area contributed by atoms with Crippen LogP contribution in [-0.4, -0.2) is 38.1 Å². The molecule has 0 aromatic rings. The first-order valence-corrected chi connectivity index (χ1v) is 14.2. The molecule has 5 rings (SSSR count). The molecule has 0 amide bonds. The molecule has 2 nitrogen and oxygen atoms in total. The maximum absolute atomic E-state index is 3.60. The zero-order chi connectivity index (χ0) is 23.4. The molecular weight excluding hydrogens is 400 g/mol. The second kappa shape index (κ2) is 8.98. The smallest absolute Gasteiger partial charge is 0.0193 e. The number of nitrogens with zero attached hydrogens (tertiary/aromatic N) is 1. The van der Waals surface area contributed by atoms with Crippen LogP contribution in [-0.2, 0) is 0 Å². The minimum absolute atomic E-state index is 0.508. The lowest BCUT2D eigenvalue weighted by Crippen LogP contribution is -2.51. The fraction of sp³-hybridized carbons (Fsp3) is 0.806. The first-order chi connectivity index (χ1) is 15.8. The third kappa shape index (κ3) is 4.02. The van der Waals surface area contributed by atoms with Crippen LogP contribution in [0.1, 0.15) is 85.5 Å². The summed E-state index contributed by atoms with van der Waals surface area (Å²) in [5, 5.41) is 3.60. The van der Waals surface area contributed by atoms with Gasteiger partial charge in [-0.1, -0.05) is 50.1 Å². The van der Waals surface area contributed by atoms with E-state index in [1.165, 1.54) is 64.3 Å². The fourth-order valence-corrected chi connectivity index (χ4v) is 9.42. The summed E-state index contributed by atoms with van der Waals surface area (Å²) < 4.78 is 0. The molecule has 1 N–H and O–H groups in total. The summed E-state index contributed by atoms with van der Waals surface area (Å²) in [5.74, 6) is 4.14. The second-order valence-corrected chi connectivity index (χ2v) is 13.2. The number of hydrogen-bond donors (Lipinski definition) is 1. The molecule has 1 heterocycles. The van der Waals surface area contributed by atoms with Crippen LogP contribution in [0.2, 0.25) is 0 Å². The highest BCUT2D eigenvalue weighted by molar-refractivity contribution is 5.30. The first kappa shape index (κ1) is 23.9. The molecule has 33 heavy (non-hydrogen) atoms. The Morgan fingerprint density at radius 2 is 1.85 bits per heavy atom. The van der Waals surface area contributed by atoms with E-state index in [2.05, 4.69) is 70.2 Å². The molecule has 4 aliphatic carbocycles. The van der Waals surface area contributed by atoms with Crippen molar-refractivity contribution in [3.8, 4) is 0 Å². The van der Waals surface area contributed by atoms with E-state index in [4.69, 9.17) is 0 Å². The van der Waals surface area contributed by atoms with Gasteiger partial charge in [0.25, 0.3) is 0 Å². The molecule has 0 aromatic heterocycles. The predicted octanol–water partition coefficient (Wildman–Crippen LogP) is 7.00. The minimum atomic E-state index is 0.508. The molecule has 184 valence electrons. The van der Waals surface area contributed by atoms with Gasteiger partial charge in [-0.2, -0.15) is 0 Å². The van der Waals surface area contributed by atoms with E-state index in [1.807, 2.05) is 5.57 Å². The van der Waals surface area contributed by atoms with Gasteiger partial charge in [0.05, 0.1) is 0 Å². The summed E-state index contributed by atoms with van der Waals surface area (Å²) in [5.41, 5.74) is 6.16. The Morgan fingerprint density at radius 3 is 2.61 bits per heavy atom. The van der Waals surface area contributed by atoms with Crippen molar-refractivity contribution in [1.82, 2.24) is 10.2 Å². The zero-order valence-electron chi connectivity index (χ0n) is 22.4. The molecule has 0 aromatic carbocycles. The molecular formula is C31H50N2. The van der Waals surface area contributed by atoms with Crippen LogP contribution in [0.25, 0.3) is 0 Å². The molecule has 0 spiro atoms. The van der Waals surface area contributed by atoms with Gasteiger partial charge in [0.1, 0.15) is 0 Å². The molecule has 1 aliphatic heterocycles. The van der Waals surface area contributed by atoms with Crippen LogP contribution in [0, 0.1) is 40.4 Å². The first-order valence-electron chi connectivity index (χ1n) is 14.2. The van der Waals surface area contributed by atoms with Crippen molar-refractivity contribution in [2.75, 3.05) is 27.2 Å². The van der Waals surface area contributed by atoms with Crippen molar-refractivity contribution < 1.29 is 0 Å². The van der Waals surface area contributed by atoms with Crippen molar-refractivity contribution in [2.45, 2.75) is 91.5 Å². The number of allylic oxidation sites excluding steroid dienone is 4. The van der Waals surface area contributed by atoms with Gasteiger partial charge in [0, 0.05) is 19.1 Å². The standard InChI is InChI=1S/C31H50N2/c1-21(7-8-23-15-18-33(6)20-22(23)2)27-11-12-28-26-10-9-24-19-25(32-5)13-16-30(24,3)29(26)14-17-31(27,28)4/h7-8,10,21,24-25,27-29,32H,9,11-20H2,1-6H3/b8-7+/t21-,24+,25-,27-,28-,29+,30+,31-/m1/s1. The average molecular weight is 451 g/mol. The van der Waals surface area contributed by atoms with E-state index in [0.29, 0.717) is 16.7 Å². The highest BCUT2D eigenvalue weighted by Gasteiger charge is 2.57. The molecule has 3 fully saturated rings. The van der Waals surface area contributed by atoms with Crippen molar-refractivity contribution in [1.29, 1.82) is 0 Å². The van der Waals surface area contributed by atoms with Crippen LogP contribution >= 0.6 is 0 Å². The lowest BCUT2D eigenvalue weighted by molar-refractivity contribution is -0.0117. The lowest BCUT2D eigenvalue weighted by Gasteiger charge is -2.58. The third-order valence-electron chi connectivity index (χ3n) is 11.6. The quantitative estimate of drug-likeness (QED) is 0.464. The van der Waals surface area contributed by atoms with E-state index in [9.17, 15) is 0 Å². The zero-order valence-corrected chi connectivity index (χ0v) is 22.4. The molecule has 3 saturated carbocycles. The van der Waals surface area contributed by atoms with Gasteiger partial charge in [-0.15, -0.1) is 0 Å². The predicted molar refractivity (Wildman–Crippen MR) is 141 cm³/mol. The summed E-state index contributed by atoms with van der Waals surface area (Å²) in [6, 6.07) is 0.749. The monoisotopic (exact) mass is 450 g/mol. The van der Waals surface area contributed by atoms with E-state index in [-0.39, 0.29) is 0 Å². The Balaban J connectivity index is 1.33. The largest absolute Gasteiger partial charge is 0.317 e. The summed E-state index contributed by atoms with van der Waals surface area (Å²) >= 11 is 0. The Bertz CT molecular complexity index is 836. The van der Waals surface area contributed by atoms with Gasteiger partial charge in [0.2, 0.25) is 0 Å². The van der Waals surface area contributed by atoms with E-state index < -0.39 is 0 Å². The Hall–Kier alpha value is -0.860. The fourth-order valence-electron chi connectivity index (χ4n) is 9.42. The molecule has 0 saturated heterocycles. The van der Waals surface area contributed by atoms with Crippen LogP contribution in [0.15, 0.2) is 34.9 Å². The summed E-state index contributed by atoms with van der Waals surface area (Å²) in [7, 11) is 4.42. The maximum Gasteiger partial charge on any atom is 0.0193 e. The number of fused-ring (bicyclic) bond motifs is 5. The number of likely N-dealkylation sites (N-methyl/N-ethyl adjacent to an activating group) is 1. The number of hydrogen-bond acceptors (Lipinski definition) is 2. The second-order valence-electron chi connectivity index (χ2n) is 13.2. The van der Waals surface area contributed by atoms with E-state index >= 15 is 0 Å². The molecule has 0 unspecified atom stereocenters. The van der Waals surface area contributed by atoms with E-state index in [1.54, 1.807) is 11.1 Å². The lowest BCUT2D eigenvalue weighted by atomic mass is 9.47. The maximum atomic E-state index is 3.60. The molecule has 2 heteroatoms. The third-order valence-corrected chi connectivity index (χ3v) is 11.6. The molecule has 8 atom stereocenters. The number of nitrogens with one attached hydrogen (secondary N) is 1. The van der Waals surface area contributed by atoms with Gasteiger partial charge >= 0.3 is 0 Å². The van der Waals surface area contributed by atoms with Gasteiger partial charge < -0.3 is 10.2 Å². The van der Waals surface area contributed by atoms with Crippen LogP contribution in [0.4, 0.5) is 0 Å². The Labute approximate surface area is 204 Å². The van der Waals surface area contributed by atoms with Crippen molar-refractivity contribution in [3.05, 3.63) is 34.9 Å². The van der Waals surface area contributed by atoms with Gasteiger partial charge in [-0.05, 0) is 125 Å². The number of rotatable bonds is 4. The topological polar surface area (TPSA) is 15.3 Å². The highest BCUT2D eigenvalue weighted by Crippen LogP contribution is 2.66. The van der Waals surface area contributed by atoms with Gasteiger partial charge in [0.15, 0.2) is 0 Å².